The molecular weight excluding hydrogens is 236 g/mol. The SMILES string of the molecule is Cn1cnc(CCNCc2ccc(Cl)cc2)n1. The van der Waals surface area contributed by atoms with E-state index in [1.165, 1.54) is 5.56 Å². The van der Waals surface area contributed by atoms with Gasteiger partial charge in [-0.15, -0.1) is 0 Å². The number of aromatic nitrogens is 3. The summed E-state index contributed by atoms with van der Waals surface area (Å²) in [7, 11) is 1.87. The third kappa shape index (κ3) is 3.84. The summed E-state index contributed by atoms with van der Waals surface area (Å²) < 4.78 is 1.72. The lowest BCUT2D eigenvalue weighted by molar-refractivity contribution is 0.661. The fourth-order valence-electron chi connectivity index (χ4n) is 1.53. The predicted octanol–water partition coefficient (Wildman–Crippen LogP) is 1.80. The van der Waals surface area contributed by atoms with E-state index in [9.17, 15) is 0 Å². The molecule has 2 rings (SSSR count). The van der Waals surface area contributed by atoms with Gasteiger partial charge in [0.2, 0.25) is 0 Å². The molecule has 0 saturated heterocycles. The van der Waals surface area contributed by atoms with Crippen LogP contribution in [0.5, 0.6) is 0 Å². The van der Waals surface area contributed by atoms with Crippen molar-refractivity contribution in [2.75, 3.05) is 6.54 Å². The summed E-state index contributed by atoms with van der Waals surface area (Å²) >= 11 is 5.82. The highest BCUT2D eigenvalue weighted by Gasteiger charge is 1.98. The molecule has 4 nitrogen and oxygen atoms in total. The number of hydrogen-bond acceptors (Lipinski definition) is 3. The molecule has 1 aromatic heterocycles. The highest BCUT2D eigenvalue weighted by Crippen LogP contribution is 2.08. The Hall–Kier alpha value is -1.39. The van der Waals surface area contributed by atoms with Crippen LogP contribution in [0.1, 0.15) is 11.4 Å². The maximum absolute atomic E-state index is 5.82. The van der Waals surface area contributed by atoms with Crippen LogP contribution in [-0.2, 0) is 20.0 Å². The van der Waals surface area contributed by atoms with Crippen molar-refractivity contribution in [2.24, 2.45) is 7.05 Å². The van der Waals surface area contributed by atoms with Crippen LogP contribution in [0.2, 0.25) is 5.02 Å². The molecule has 2 aromatic rings. The lowest BCUT2D eigenvalue weighted by Gasteiger charge is -2.03. The van der Waals surface area contributed by atoms with Gasteiger partial charge in [0, 0.05) is 31.6 Å². The van der Waals surface area contributed by atoms with E-state index in [-0.39, 0.29) is 0 Å². The minimum absolute atomic E-state index is 0.770. The molecule has 0 aliphatic heterocycles. The number of benzene rings is 1. The Bertz CT molecular complexity index is 464. The van der Waals surface area contributed by atoms with Gasteiger partial charge in [-0.25, -0.2) is 4.98 Å². The number of aryl methyl sites for hydroxylation is 1. The monoisotopic (exact) mass is 250 g/mol. The van der Waals surface area contributed by atoms with E-state index >= 15 is 0 Å². The quantitative estimate of drug-likeness (QED) is 0.823. The first-order chi connectivity index (χ1) is 8.24. The Morgan fingerprint density at radius 2 is 2.06 bits per heavy atom. The maximum atomic E-state index is 5.82. The number of rotatable bonds is 5. The molecule has 90 valence electrons. The standard InChI is InChI=1S/C12H15ClN4/c1-17-9-15-12(16-17)6-7-14-8-10-2-4-11(13)5-3-10/h2-5,9,14H,6-8H2,1H3. The van der Waals surface area contributed by atoms with Gasteiger partial charge in [-0.05, 0) is 17.7 Å². The van der Waals surface area contributed by atoms with Crippen molar-refractivity contribution in [3.63, 3.8) is 0 Å². The molecule has 0 aliphatic rings. The third-order valence-corrected chi connectivity index (χ3v) is 2.67. The number of nitrogens with zero attached hydrogens (tertiary/aromatic N) is 3. The van der Waals surface area contributed by atoms with Crippen LogP contribution in [0, 0.1) is 0 Å². The first kappa shape index (κ1) is 12.1. The van der Waals surface area contributed by atoms with Crippen molar-refractivity contribution in [3.8, 4) is 0 Å². The van der Waals surface area contributed by atoms with Crippen LogP contribution in [0.15, 0.2) is 30.6 Å². The Kier molecular flexibility index (Phi) is 4.12. The van der Waals surface area contributed by atoms with Gasteiger partial charge in [-0.3, -0.25) is 4.68 Å². The van der Waals surface area contributed by atoms with Gasteiger partial charge < -0.3 is 5.32 Å². The van der Waals surface area contributed by atoms with E-state index in [0.717, 1.165) is 30.4 Å². The van der Waals surface area contributed by atoms with Gasteiger partial charge in [0.05, 0.1) is 0 Å². The normalized spacial score (nSPS) is 10.7. The van der Waals surface area contributed by atoms with Crippen LogP contribution in [0.25, 0.3) is 0 Å². The summed E-state index contributed by atoms with van der Waals surface area (Å²) in [6.45, 7) is 1.71. The summed E-state index contributed by atoms with van der Waals surface area (Å²) in [5, 5.41) is 8.33. The average Bonchev–Trinajstić information content (AvgIpc) is 2.73. The molecule has 0 spiro atoms. The summed E-state index contributed by atoms with van der Waals surface area (Å²) in [4.78, 5) is 4.17. The molecule has 0 saturated carbocycles. The van der Waals surface area contributed by atoms with E-state index in [4.69, 9.17) is 11.6 Å². The maximum Gasteiger partial charge on any atom is 0.151 e. The van der Waals surface area contributed by atoms with Gasteiger partial charge in [0.25, 0.3) is 0 Å². The molecule has 1 heterocycles. The molecule has 0 radical (unpaired) electrons. The van der Waals surface area contributed by atoms with Gasteiger partial charge in [0.1, 0.15) is 6.33 Å². The third-order valence-electron chi connectivity index (χ3n) is 2.41. The molecule has 0 bridgehead atoms. The lowest BCUT2D eigenvalue weighted by Crippen LogP contribution is -2.17. The highest BCUT2D eigenvalue weighted by molar-refractivity contribution is 6.30. The van der Waals surface area contributed by atoms with Crippen LogP contribution in [0.3, 0.4) is 0 Å². The van der Waals surface area contributed by atoms with Crippen molar-refractivity contribution < 1.29 is 0 Å². The Morgan fingerprint density at radius 3 is 2.71 bits per heavy atom. The van der Waals surface area contributed by atoms with E-state index in [1.54, 1.807) is 11.0 Å². The zero-order chi connectivity index (χ0) is 12.1. The minimum atomic E-state index is 0.770. The Morgan fingerprint density at radius 1 is 1.29 bits per heavy atom. The summed E-state index contributed by atoms with van der Waals surface area (Å²) in [6, 6.07) is 7.85. The van der Waals surface area contributed by atoms with Gasteiger partial charge in [-0.1, -0.05) is 23.7 Å². The lowest BCUT2D eigenvalue weighted by atomic mass is 10.2. The Labute approximate surface area is 106 Å². The fraction of sp³-hybridized carbons (Fsp3) is 0.333. The Balaban J connectivity index is 1.71. The number of nitrogens with one attached hydrogen (secondary N) is 1. The fourth-order valence-corrected chi connectivity index (χ4v) is 1.66. The van der Waals surface area contributed by atoms with Crippen LogP contribution >= 0.6 is 11.6 Å². The first-order valence-corrected chi connectivity index (χ1v) is 5.91. The second-order valence-corrected chi connectivity index (χ2v) is 4.32. The van der Waals surface area contributed by atoms with Crippen LogP contribution in [-0.4, -0.2) is 21.3 Å². The molecule has 0 fully saturated rings. The van der Waals surface area contributed by atoms with Crippen molar-refractivity contribution in [1.29, 1.82) is 0 Å². The van der Waals surface area contributed by atoms with Crippen molar-refractivity contribution in [2.45, 2.75) is 13.0 Å². The summed E-state index contributed by atoms with van der Waals surface area (Å²) in [5.74, 6) is 0.871. The average molecular weight is 251 g/mol. The molecule has 0 aliphatic carbocycles. The number of halogens is 1. The van der Waals surface area contributed by atoms with Crippen molar-refractivity contribution in [3.05, 3.63) is 47.0 Å². The topological polar surface area (TPSA) is 42.7 Å². The van der Waals surface area contributed by atoms with E-state index in [2.05, 4.69) is 15.4 Å². The predicted molar refractivity (Wildman–Crippen MR) is 67.9 cm³/mol. The minimum Gasteiger partial charge on any atom is -0.312 e. The first-order valence-electron chi connectivity index (χ1n) is 5.54. The molecule has 0 amide bonds. The molecule has 0 atom stereocenters. The molecule has 1 aromatic carbocycles. The summed E-state index contributed by atoms with van der Waals surface area (Å²) in [5.41, 5.74) is 1.23. The van der Waals surface area contributed by atoms with Crippen molar-refractivity contribution in [1.82, 2.24) is 20.1 Å². The van der Waals surface area contributed by atoms with Gasteiger partial charge in [-0.2, -0.15) is 5.10 Å². The van der Waals surface area contributed by atoms with E-state index in [0.29, 0.717) is 0 Å². The largest absolute Gasteiger partial charge is 0.312 e. The van der Waals surface area contributed by atoms with Gasteiger partial charge >= 0.3 is 0 Å². The summed E-state index contributed by atoms with van der Waals surface area (Å²) in [6.07, 6.45) is 2.56. The van der Waals surface area contributed by atoms with E-state index in [1.807, 2.05) is 31.3 Å². The zero-order valence-electron chi connectivity index (χ0n) is 9.73. The second kappa shape index (κ2) is 5.80. The second-order valence-electron chi connectivity index (χ2n) is 3.89. The number of hydrogen-bond donors (Lipinski definition) is 1. The van der Waals surface area contributed by atoms with Crippen LogP contribution in [0.4, 0.5) is 0 Å². The van der Waals surface area contributed by atoms with Crippen molar-refractivity contribution >= 4 is 11.6 Å². The van der Waals surface area contributed by atoms with E-state index < -0.39 is 0 Å². The molecule has 0 unspecified atom stereocenters. The molecule has 17 heavy (non-hydrogen) atoms. The molecule has 5 heteroatoms. The highest BCUT2D eigenvalue weighted by atomic mass is 35.5. The smallest absolute Gasteiger partial charge is 0.151 e. The van der Waals surface area contributed by atoms with Gasteiger partial charge in [0.15, 0.2) is 5.82 Å². The van der Waals surface area contributed by atoms with Crippen LogP contribution < -0.4 is 5.32 Å². The zero-order valence-corrected chi connectivity index (χ0v) is 10.5. The molecule has 1 N–H and O–H groups in total. The molecular formula is C12H15ClN4.